The maximum Gasteiger partial charge on any atom is 0.124 e. The minimum Gasteiger partial charge on any atom is -0.324 e. The van der Waals surface area contributed by atoms with Crippen LogP contribution in [0.3, 0.4) is 0 Å². The van der Waals surface area contributed by atoms with Crippen molar-refractivity contribution >= 4 is 38.5 Å². The number of benzene rings is 2. The van der Waals surface area contributed by atoms with Crippen molar-refractivity contribution in [1.82, 2.24) is 0 Å². The van der Waals surface area contributed by atoms with Gasteiger partial charge in [0.15, 0.2) is 0 Å². The van der Waals surface area contributed by atoms with Gasteiger partial charge in [-0.05, 0) is 58.3 Å². The summed E-state index contributed by atoms with van der Waals surface area (Å²) in [5.41, 5.74) is 8.35. The van der Waals surface area contributed by atoms with Gasteiger partial charge in [0.2, 0.25) is 0 Å². The summed E-state index contributed by atoms with van der Waals surface area (Å²) < 4.78 is 14.9. The Bertz CT molecular complexity index is 559. The number of halogens is 3. The molecule has 94 valence electrons. The summed E-state index contributed by atoms with van der Waals surface area (Å²) in [4.78, 5) is 0. The first-order valence-corrected chi connectivity index (χ1v) is 7.39. The van der Waals surface area contributed by atoms with Crippen molar-refractivity contribution in [1.29, 1.82) is 0 Å². The predicted octanol–water partition coefficient (Wildman–Crippen LogP) is 4.44. The topological polar surface area (TPSA) is 26.0 Å². The second-order valence-electron chi connectivity index (χ2n) is 4.07. The summed E-state index contributed by atoms with van der Waals surface area (Å²) in [5, 5.41) is 0. The summed E-state index contributed by atoms with van der Waals surface area (Å²) in [7, 11) is 0. The summed E-state index contributed by atoms with van der Waals surface area (Å²) in [6, 6.07) is 12.7. The van der Waals surface area contributed by atoms with Gasteiger partial charge in [0.25, 0.3) is 0 Å². The summed E-state index contributed by atoms with van der Waals surface area (Å²) in [6.07, 6.45) is 0.681. The molecule has 18 heavy (non-hydrogen) atoms. The van der Waals surface area contributed by atoms with Crippen molar-refractivity contribution in [2.24, 2.45) is 5.73 Å². The SMILES string of the molecule is NC(Cc1ccc(F)cc1Br)c1ccccc1I. The Morgan fingerprint density at radius 2 is 1.94 bits per heavy atom. The zero-order valence-corrected chi connectivity index (χ0v) is 13.3. The lowest BCUT2D eigenvalue weighted by atomic mass is 10.00. The van der Waals surface area contributed by atoms with E-state index in [1.807, 2.05) is 24.3 Å². The Labute approximate surface area is 128 Å². The smallest absolute Gasteiger partial charge is 0.124 e. The van der Waals surface area contributed by atoms with Crippen molar-refractivity contribution in [3.8, 4) is 0 Å². The Morgan fingerprint density at radius 3 is 2.61 bits per heavy atom. The molecule has 2 aromatic rings. The van der Waals surface area contributed by atoms with E-state index < -0.39 is 0 Å². The van der Waals surface area contributed by atoms with Crippen LogP contribution < -0.4 is 5.73 Å². The normalized spacial score (nSPS) is 12.4. The maximum absolute atomic E-state index is 13.0. The van der Waals surface area contributed by atoms with Gasteiger partial charge in [-0.25, -0.2) is 4.39 Å². The second kappa shape index (κ2) is 6.12. The fourth-order valence-electron chi connectivity index (χ4n) is 1.81. The van der Waals surface area contributed by atoms with Crippen molar-refractivity contribution < 1.29 is 4.39 Å². The van der Waals surface area contributed by atoms with Gasteiger partial charge >= 0.3 is 0 Å². The second-order valence-corrected chi connectivity index (χ2v) is 6.08. The van der Waals surface area contributed by atoms with Gasteiger partial charge in [-0.1, -0.05) is 40.2 Å². The molecule has 0 aromatic heterocycles. The van der Waals surface area contributed by atoms with E-state index in [-0.39, 0.29) is 11.9 Å². The standard InChI is InChI=1S/C14H12BrFIN/c15-12-8-10(16)6-5-9(12)7-14(18)11-3-1-2-4-13(11)17/h1-6,8,14H,7,18H2. The lowest BCUT2D eigenvalue weighted by molar-refractivity contribution is 0.624. The Morgan fingerprint density at radius 1 is 1.22 bits per heavy atom. The Kier molecular flexibility index (Phi) is 4.75. The van der Waals surface area contributed by atoms with Gasteiger partial charge in [-0.15, -0.1) is 0 Å². The largest absolute Gasteiger partial charge is 0.324 e. The van der Waals surface area contributed by atoms with Crippen molar-refractivity contribution in [2.75, 3.05) is 0 Å². The molecule has 0 fully saturated rings. The third kappa shape index (κ3) is 3.30. The lowest BCUT2D eigenvalue weighted by Gasteiger charge is -2.15. The van der Waals surface area contributed by atoms with E-state index in [0.29, 0.717) is 6.42 Å². The van der Waals surface area contributed by atoms with Crippen LogP contribution in [0.1, 0.15) is 17.2 Å². The van der Waals surface area contributed by atoms with Crippen molar-refractivity contribution in [3.05, 3.63) is 67.5 Å². The zero-order chi connectivity index (χ0) is 13.1. The van der Waals surface area contributed by atoms with Crippen molar-refractivity contribution in [3.63, 3.8) is 0 Å². The molecule has 0 radical (unpaired) electrons. The first kappa shape index (κ1) is 14.0. The molecule has 1 unspecified atom stereocenters. The van der Waals surface area contributed by atoms with E-state index in [0.717, 1.165) is 19.2 Å². The van der Waals surface area contributed by atoms with E-state index in [2.05, 4.69) is 38.5 Å². The Hall–Kier alpha value is -0.460. The first-order valence-electron chi connectivity index (χ1n) is 5.52. The molecule has 2 N–H and O–H groups in total. The maximum atomic E-state index is 13.0. The van der Waals surface area contributed by atoms with E-state index in [9.17, 15) is 4.39 Å². The molecule has 0 aliphatic rings. The zero-order valence-electron chi connectivity index (χ0n) is 9.54. The van der Waals surface area contributed by atoms with E-state index in [1.54, 1.807) is 6.07 Å². The van der Waals surface area contributed by atoms with Crippen LogP contribution in [0, 0.1) is 9.39 Å². The summed E-state index contributed by atoms with van der Waals surface area (Å²) >= 11 is 5.65. The first-order chi connectivity index (χ1) is 8.58. The molecule has 0 spiro atoms. The van der Waals surface area contributed by atoms with Crippen LogP contribution in [0.15, 0.2) is 46.9 Å². The average molecular weight is 420 g/mol. The highest BCUT2D eigenvalue weighted by molar-refractivity contribution is 14.1. The Balaban J connectivity index is 2.21. The molecule has 1 nitrogen and oxygen atoms in total. The highest BCUT2D eigenvalue weighted by Gasteiger charge is 2.12. The van der Waals surface area contributed by atoms with Gasteiger partial charge in [0.1, 0.15) is 5.82 Å². The molecule has 0 aliphatic carbocycles. The number of rotatable bonds is 3. The third-order valence-corrected chi connectivity index (χ3v) is 4.48. The van der Waals surface area contributed by atoms with E-state index in [1.165, 1.54) is 12.1 Å². The molecule has 0 bridgehead atoms. The molecule has 0 heterocycles. The van der Waals surface area contributed by atoms with Crippen LogP contribution >= 0.6 is 38.5 Å². The summed E-state index contributed by atoms with van der Waals surface area (Å²) in [6.45, 7) is 0. The predicted molar refractivity (Wildman–Crippen MR) is 83.9 cm³/mol. The monoisotopic (exact) mass is 419 g/mol. The molecular formula is C14H12BrFIN. The van der Waals surface area contributed by atoms with Gasteiger partial charge in [0.05, 0.1) is 0 Å². The minimum atomic E-state index is -0.242. The summed E-state index contributed by atoms with van der Waals surface area (Å²) in [5.74, 6) is -0.242. The van der Waals surface area contributed by atoms with E-state index in [4.69, 9.17) is 5.73 Å². The molecule has 0 amide bonds. The quantitative estimate of drug-likeness (QED) is 0.731. The molecule has 0 saturated heterocycles. The molecule has 2 aromatic carbocycles. The molecule has 1 atom stereocenters. The number of hydrogen-bond acceptors (Lipinski definition) is 1. The molecular weight excluding hydrogens is 408 g/mol. The van der Waals surface area contributed by atoms with Crippen LogP contribution in [-0.2, 0) is 6.42 Å². The third-order valence-electron chi connectivity index (χ3n) is 2.76. The minimum absolute atomic E-state index is 0.0835. The van der Waals surface area contributed by atoms with Crippen LogP contribution in [0.25, 0.3) is 0 Å². The fourth-order valence-corrected chi connectivity index (χ4v) is 3.11. The number of hydrogen-bond donors (Lipinski definition) is 1. The van der Waals surface area contributed by atoms with Gasteiger partial charge in [0, 0.05) is 14.1 Å². The van der Waals surface area contributed by atoms with Crippen LogP contribution in [0.2, 0.25) is 0 Å². The van der Waals surface area contributed by atoms with E-state index >= 15 is 0 Å². The highest BCUT2D eigenvalue weighted by Crippen LogP contribution is 2.25. The molecule has 0 saturated carbocycles. The molecule has 2 rings (SSSR count). The fraction of sp³-hybridized carbons (Fsp3) is 0.143. The van der Waals surface area contributed by atoms with Crippen LogP contribution in [0.5, 0.6) is 0 Å². The van der Waals surface area contributed by atoms with Crippen molar-refractivity contribution in [2.45, 2.75) is 12.5 Å². The van der Waals surface area contributed by atoms with Crippen LogP contribution in [-0.4, -0.2) is 0 Å². The molecule has 0 aliphatic heterocycles. The van der Waals surface area contributed by atoms with Gasteiger partial charge < -0.3 is 5.73 Å². The molecule has 4 heteroatoms. The lowest BCUT2D eigenvalue weighted by Crippen LogP contribution is -2.15. The highest BCUT2D eigenvalue weighted by atomic mass is 127. The van der Waals surface area contributed by atoms with Gasteiger partial charge in [-0.3, -0.25) is 0 Å². The number of nitrogens with two attached hydrogens (primary N) is 1. The average Bonchev–Trinajstić information content (AvgIpc) is 2.33. The van der Waals surface area contributed by atoms with Crippen LogP contribution in [0.4, 0.5) is 4.39 Å². The van der Waals surface area contributed by atoms with Gasteiger partial charge in [-0.2, -0.15) is 0 Å².